The van der Waals surface area contributed by atoms with E-state index >= 15 is 0 Å². The Morgan fingerprint density at radius 1 is 0.562 bits per heavy atom. The molecule has 182 valence electrons. The number of hydrogen-bond donors (Lipinski definition) is 1. The zero-order chi connectivity index (χ0) is 24.7. The Kier molecular flexibility index (Phi) is 28.4. The van der Waals surface area contributed by atoms with Crippen molar-refractivity contribution in [1.29, 1.82) is 0 Å². The van der Waals surface area contributed by atoms with Gasteiger partial charge in [0.1, 0.15) is 0 Å². The van der Waals surface area contributed by atoms with Crippen LogP contribution in [0.25, 0.3) is 10.8 Å². The Morgan fingerprint density at radius 3 is 1.47 bits per heavy atom. The molecule has 0 saturated carbocycles. The molecule has 0 aromatic heterocycles. The Morgan fingerprint density at radius 2 is 0.969 bits per heavy atom. The molecule has 0 amide bonds. The summed E-state index contributed by atoms with van der Waals surface area (Å²) in [7, 11) is 9.50. The molecule has 3 aromatic carbocycles. The summed E-state index contributed by atoms with van der Waals surface area (Å²) in [5.74, 6) is 0. The van der Waals surface area contributed by atoms with E-state index in [1.165, 1.54) is 5.39 Å². The number of quaternary nitrogens is 1. The molecule has 0 aliphatic rings. The molecule has 0 heterocycles. The highest BCUT2D eigenvalue weighted by atomic mass is 16.2. The van der Waals surface area contributed by atoms with Gasteiger partial charge in [0.15, 0.2) is 0 Å². The zero-order valence-electron chi connectivity index (χ0n) is 22.7. The maximum absolute atomic E-state index is 7.00. The van der Waals surface area contributed by atoms with Crippen LogP contribution in [0.15, 0.2) is 83.0 Å². The average molecular weight is 444 g/mol. The maximum atomic E-state index is 7.00. The topological polar surface area (TPSA) is 45.0 Å². The van der Waals surface area contributed by atoms with Gasteiger partial charge in [-0.3, -0.25) is 0 Å². The summed E-state index contributed by atoms with van der Waals surface area (Å²) in [5, 5.41) is 17.9. The number of aliphatic hydroxyl groups is 1. The summed E-state index contributed by atoms with van der Waals surface area (Å²) < 4.78 is 1.00. The van der Waals surface area contributed by atoms with E-state index in [0.717, 1.165) is 28.4 Å². The van der Waals surface area contributed by atoms with Gasteiger partial charge in [-0.25, -0.2) is 0 Å². The van der Waals surface area contributed by atoms with Crippen LogP contribution in [0.4, 0.5) is 11.4 Å². The molecule has 4 nitrogen and oxygen atoms in total. The van der Waals surface area contributed by atoms with Crippen LogP contribution in [0.1, 0.15) is 41.5 Å². The first-order valence-electron chi connectivity index (χ1n) is 11.1. The Balaban J connectivity index is -0.000000239. The molecule has 3 aromatic rings. The van der Waals surface area contributed by atoms with Gasteiger partial charge in [0.05, 0.1) is 39.6 Å². The van der Waals surface area contributed by atoms with Crippen molar-refractivity contribution in [2.24, 2.45) is 10.2 Å². The van der Waals surface area contributed by atoms with Crippen LogP contribution < -0.4 is 0 Å². The lowest BCUT2D eigenvalue weighted by Crippen LogP contribution is -2.27. The second-order valence-electron chi connectivity index (χ2n) is 6.72. The minimum atomic E-state index is 0. The molecule has 0 bridgehead atoms. The smallest absolute Gasteiger partial charge is 0.0935 e. The predicted octanol–water partition coefficient (Wildman–Crippen LogP) is 8.71. The second-order valence-corrected chi connectivity index (χ2v) is 6.72. The van der Waals surface area contributed by atoms with Gasteiger partial charge in [0.25, 0.3) is 0 Å². The molecule has 3 rings (SSSR count). The van der Waals surface area contributed by atoms with E-state index in [0.29, 0.717) is 0 Å². The van der Waals surface area contributed by atoms with E-state index in [2.05, 4.69) is 56.6 Å². The number of rotatable bonds is 2. The summed E-state index contributed by atoms with van der Waals surface area (Å²) in [6.45, 7) is 12.0. The van der Waals surface area contributed by atoms with Crippen LogP contribution in [0.2, 0.25) is 0 Å². The number of nitrogens with zero attached hydrogens (tertiary/aromatic N) is 3. The largest absolute Gasteiger partial charge is 0.400 e. The van der Waals surface area contributed by atoms with Crippen molar-refractivity contribution in [2.45, 2.75) is 41.5 Å². The average Bonchev–Trinajstić information content (AvgIpc) is 2.82. The van der Waals surface area contributed by atoms with Gasteiger partial charge in [-0.2, -0.15) is 5.11 Å². The van der Waals surface area contributed by atoms with Crippen LogP contribution in [0.3, 0.4) is 0 Å². The molecule has 0 spiro atoms. The predicted molar refractivity (Wildman–Crippen MR) is 147 cm³/mol. The van der Waals surface area contributed by atoms with E-state index in [-0.39, 0.29) is 7.43 Å². The minimum Gasteiger partial charge on any atom is -0.400 e. The minimum absolute atomic E-state index is 0. The van der Waals surface area contributed by atoms with Gasteiger partial charge in [0, 0.05) is 12.5 Å². The maximum Gasteiger partial charge on any atom is 0.0935 e. The molecule has 0 atom stereocenters. The van der Waals surface area contributed by atoms with E-state index in [1.54, 1.807) is 0 Å². The van der Waals surface area contributed by atoms with Gasteiger partial charge in [-0.1, -0.05) is 96.1 Å². The third-order valence-electron chi connectivity index (χ3n) is 2.80. The van der Waals surface area contributed by atoms with Crippen molar-refractivity contribution in [3.8, 4) is 0 Å². The molecular formula is C28H49N3O. The van der Waals surface area contributed by atoms with Crippen molar-refractivity contribution in [3.05, 3.63) is 80.2 Å². The van der Waals surface area contributed by atoms with Gasteiger partial charge in [0.2, 0.25) is 0 Å². The molecule has 0 aliphatic heterocycles. The van der Waals surface area contributed by atoms with E-state index in [1.807, 2.05) is 96.1 Å². The highest BCUT2D eigenvalue weighted by Gasteiger charge is 1.98. The standard InChI is InChI=1S/C16H12N2.C4H12N.3C2H6.CH4O.CH3/c1-2-9-14(10-3-1)17-18-16-12-6-8-13-7-4-5-11-15(13)16;1-5(2,3)4;4*1-2;/h1-12H;1-4H3;3*1-2H3;2H,1H3;1H3/q;+1;;;;;-1. The third kappa shape index (κ3) is 19.4. The monoisotopic (exact) mass is 443 g/mol. The Bertz CT molecular complexity index is 768. The summed E-state index contributed by atoms with van der Waals surface area (Å²) in [4.78, 5) is 0. The lowest BCUT2D eigenvalue weighted by Gasteiger charge is -2.14. The second kappa shape index (κ2) is 24.7. The number of hydrogen-bond acceptors (Lipinski definition) is 3. The molecule has 0 unspecified atom stereocenters. The third-order valence-corrected chi connectivity index (χ3v) is 2.80. The first-order valence-corrected chi connectivity index (χ1v) is 11.1. The summed E-state index contributed by atoms with van der Waals surface area (Å²) >= 11 is 0. The highest BCUT2D eigenvalue weighted by molar-refractivity contribution is 5.92. The van der Waals surface area contributed by atoms with Crippen LogP contribution in [0.5, 0.6) is 0 Å². The Labute approximate surface area is 199 Å². The zero-order valence-corrected chi connectivity index (χ0v) is 22.7. The molecule has 1 N–H and O–H groups in total. The summed E-state index contributed by atoms with van der Waals surface area (Å²) in [6, 6.07) is 24.0. The van der Waals surface area contributed by atoms with Crippen molar-refractivity contribution in [1.82, 2.24) is 0 Å². The number of azo groups is 1. The molecule has 0 radical (unpaired) electrons. The number of benzene rings is 3. The highest BCUT2D eigenvalue weighted by Crippen LogP contribution is 2.27. The molecule has 0 saturated heterocycles. The van der Waals surface area contributed by atoms with Crippen LogP contribution in [0, 0.1) is 7.43 Å². The fraction of sp³-hybridized carbons (Fsp3) is 0.393. The van der Waals surface area contributed by atoms with Crippen LogP contribution >= 0.6 is 0 Å². The van der Waals surface area contributed by atoms with Crippen molar-refractivity contribution in [3.63, 3.8) is 0 Å². The lowest BCUT2D eigenvalue weighted by atomic mass is 10.1. The van der Waals surface area contributed by atoms with Crippen molar-refractivity contribution < 1.29 is 9.59 Å². The van der Waals surface area contributed by atoms with E-state index < -0.39 is 0 Å². The quantitative estimate of drug-likeness (QED) is 0.240. The Hall–Kier alpha value is -2.56. The number of aliphatic hydroxyl groups excluding tert-OH is 1. The molecule has 0 aliphatic carbocycles. The molecular weight excluding hydrogens is 394 g/mol. The van der Waals surface area contributed by atoms with Crippen LogP contribution in [-0.4, -0.2) is 44.9 Å². The van der Waals surface area contributed by atoms with Crippen molar-refractivity contribution >= 4 is 22.1 Å². The lowest BCUT2D eigenvalue weighted by molar-refractivity contribution is -0.849. The van der Waals surface area contributed by atoms with Gasteiger partial charge in [-0.15, -0.1) is 5.11 Å². The molecule has 4 heteroatoms. The van der Waals surface area contributed by atoms with Gasteiger partial charge >= 0.3 is 0 Å². The van der Waals surface area contributed by atoms with Crippen LogP contribution in [-0.2, 0) is 0 Å². The number of fused-ring (bicyclic) bond motifs is 1. The fourth-order valence-electron chi connectivity index (χ4n) is 1.90. The summed E-state index contributed by atoms with van der Waals surface area (Å²) in [5.41, 5.74) is 1.77. The van der Waals surface area contributed by atoms with E-state index in [4.69, 9.17) is 5.11 Å². The summed E-state index contributed by atoms with van der Waals surface area (Å²) in [6.07, 6.45) is 0. The SMILES string of the molecule is CC.CC.CC.CO.C[N+](C)(C)C.[CH3-].c1ccc(N=Nc2cccc3ccccc23)cc1. The van der Waals surface area contributed by atoms with Gasteiger partial charge in [-0.05, 0) is 23.6 Å². The molecule has 32 heavy (non-hydrogen) atoms. The first kappa shape index (κ1) is 36.8. The normalized spacial score (nSPS) is 8.88. The van der Waals surface area contributed by atoms with Gasteiger partial charge < -0.3 is 17.0 Å². The van der Waals surface area contributed by atoms with Crippen molar-refractivity contribution in [2.75, 3.05) is 35.3 Å². The molecule has 0 fully saturated rings. The fourth-order valence-corrected chi connectivity index (χ4v) is 1.90. The van der Waals surface area contributed by atoms with E-state index in [9.17, 15) is 0 Å². The first-order chi connectivity index (χ1) is 14.9.